The van der Waals surface area contributed by atoms with Gasteiger partial charge in [0.25, 0.3) is 5.91 Å². The van der Waals surface area contributed by atoms with Crippen molar-refractivity contribution >= 4 is 5.91 Å². The van der Waals surface area contributed by atoms with Crippen LogP contribution in [0.25, 0.3) is 0 Å². The zero-order valence-electron chi connectivity index (χ0n) is 14.5. The number of imidazole rings is 1. The van der Waals surface area contributed by atoms with Gasteiger partial charge in [-0.05, 0) is 17.7 Å². The molecule has 134 valence electrons. The fourth-order valence-electron chi connectivity index (χ4n) is 3.18. The summed E-state index contributed by atoms with van der Waals surface area (Å²) < 4.78 is 9.62. The van der Waals surface area contributed by atoms with Gasteiger partial charge in [-0.25, -0.2) is 4.98 Å². The Morgan fingerprint density at radius 1 is 1.27 bits per heavy atom. The third-order valence-electron chi connectivity index (χ3n) is 4.49. The van der Waals surface area contributed by atoms with Gasteiger partial charge in [-0.15, -0.1) is 0 Å². The van der Waals surface area contributed by atoms with Crippen LogP contribution in [0, 0.1) is 0 Å². The molecule has 0 bridgehead atoms. The first-order chi connectivity index (χ1) is 12.7. The van der Waals surface area contributed by atoms with E-state index in [9.17, 15) is 4.79 Å². The summed E-state index contributed by atoms with van der Waals surface area (Å²) in [6.07, 6.45) is 10.5. The maximum Gasteiger partial charge on any atom is 0.257 e. The molecule has 0 N–H and O–H groups in total. The quantitative estimate of drug-likeness (QED) is 0.694. The van der Waals surface area contributed by atoms with Crippen molar-refractivity contribution in [2.45, 2.75) is 19.2 Å². The minimum atomic E-state index is -0.0234. The first-order valence-electron chi connectivity index (χ1n) is 8.46. The summed E-state index contributed by atoms with van der Waals surface area (Å²) in [5.74, 6) is -0.0234. The minimum Gasteiger partial charge on any atom is -0.375 e. The highest BCUT2D eigenvalue weighted by atomic mass is 16.5. The van der Waals surface area contributed by atoms with Crippen LogP contribution in [0.5, 0.6) is 0 Å². The molecule has 1 amide bonds. The molecule has 8 heteroatoms. The van der Waals surface area contributed by atoms with Gasteiger partial charge in [-0.1, -0.05) is 0 Å². The Hall–Kier alpha value is -3.00. The lowest BCUT2D eigenvalue weighted by atomic mass is 10.1. The molecule has 0 radical (unpaired) electrons. The van der Waals surface area contributed by atoms with E-state index in [1.165, 1.54) is 0 Å². The van der Waals surface area contributed by atoms with E-state index in [1.807, 2.05) is 23.4 Å². The van der Waals surface area contributed by atoms with E-state index in [4.69, 9.17) is 4.74 Å². The summed E-state index contributed by atoms with van der Waals surface area (Å²) >= 11 is 0. The topological polar surface area (TPSA) is 78.1 Å². The monoisotopic (exact) mass is 352 g/mol. The van der Waals surface area contributed by atoms with E-state index in [-0.39, 0.29) is 11.9 Å². The Balaban J connectivity index is 1.45. The first-order valence-corrected chi connectivity index (χ1v) is 8.46. The lowest BCUT2D eigenvalue weighted by Crippen LogP contribution is -2.42. The molecule has 0 saturated heterocycles. The number of carbonyl (C=O) groups is 1. The Kier molecular flexibility index (Phi) is 4.49. The lowest BCUT2D eigenvalue weighted by Gasteiger charge is -2.34. The van der Waals surface area contributed by atoms with Crippen LogP contribution in [-0.2, 0) is 24.9 Å². The molecule has 0 fully saturated rings. The van der Waals surface area contributed by atoms with Crippen LogP contribution in [0.1, 0.15) is 27.7 Å². The highest BCUT2D eigenvalue weighted by Gasteiger charge is 2.29. The van der Waals surface area contributed by atoms with Crippen LogP contribution in [0.4, 0.5) is 0 Å². The predicted octanol–water partition coefficient (Wildman–Crippen LogP) is 1.43. The molecule has 8 nitrogen and oxygen atoms in total. The number of amides is 1. The van der Waals surface area contributed by atoms with Crippen molar-refractivity contribution in [2.24, 2.45) is 7.05 Å². The highest BCUT2D eigenvalue weighted by Crippen LogP contribution is 2.23. The molecule has 26 heavy (non-hydrogen) atoms. The molecule has 1 atom stereocenters. The van der Waals surface area contributed by atoms with Crippen molar-refractivity contribution in [3.05, 3.63) is 66.3 Å². The van der Waals surface area contributed by atoms with Crippen LogP contribution < -0.4 is 0 Å². The summed E-state index contributed by atoms with van der Waals surface area (Å²) in [7, 11) is 1.80. The molecule has 1 aliphatic heterocycles. The van der Waals surface area contributed by atoms with Crippen molar-refractivity contribution in [1.29, 1.82) is 0 Å². The van der Waals surface area contributed by atoms with E-state index in [0.29, 0.717) is 31.9 Å². The molecule has 4 heterocycles. The van der Waals surface area contributed by atoms with Crippen LogP contribution in [0.15, 0.2) is 49.4 Å². The molecular weight excluding hydrogens is 332 g/mol. The van der Waals surface area contributed by atoms with Crippen LogP contribution in [0.3, 0.4) is 0 Å². The van der Waals surface area contributed by atoms with Crippen molar-refractivity contribution in [3.8, 4) is 0 Å². The number of hydrogen-bond acceptors (Lipinski definition) is 5. The molecule has 0 spiro atoms. The Morgan fingerprint density at radius 3 is 2.88 bits per heavy atom. The number of rotatable bonds is 5. The Morgan fingerprint density at radius 2 is 2.12 bits per heavy atom. The van der Waals surface area contributed by atoms with E-state index in [1.54, 1.807) is 42.7 Å². The lowest BCUT2D eigenvalue weighted by molar-refractivity contribution is 0.0480. The highest BCUT2D eigenvalue weighted by molar-refractivity contribution is 5.93. The van der Waals surface area contributed by atoms with E-state index >= 15 is 0 Å². The van der Waals surface area contributed by atoms with Gasteiger partial charge >= 0.3 is 0 Å². The number of hydrogen-bond donors (Lipinski definition) is 0. The van der Waals surface area contributed by atoms with E-state index in [2.05, 4.69) is 19.6 Å². The largest absolute Gasteiger partial charge is 0.375 e. The number of nitrogens with zero attached hydrogens (tertiary/aromatic N) is 6. The maximum absolute atomic E-state index is 12.8. The van der Waals surface area contributed by atoms with E-state index < -0.39 is 0 Å². The fourth-order valence-corrected chi connectivity index (χ4v) is 3.18. The predicted molar refractivity (Wildman–Crippen MR) is 93.1 cm³/mol. The van der Waals surface area contributed by atoms with Crippen LogP contribution in [-0.4, -0.2) is 48.3 Å². The van der Waals surface area contributed by atoms with Crippen LogP contribution in [0.2, 0.25) is 0 Å². The number of pyridine rings is 1. The number of ether oxygens (including phenoxy) is 1. The molecule has 4 rings (SSSR count). The fraction of sp³-hybridized carbons (Fsp3) is 0.333. The molecule has 3 aromatic rings. The second-order valence-corrected chi connectivity index (χ2v) is 6.41. The summed E-state index contributed by atoms with van der Waals surface area (Å²) in [6.45, 7) is 2.13. The summed E-state index contributed by atoms with van der Waals surface area (Å²) in [5.41, 5.74) is 2.67. The van der Waals surface area contributed by atoms with Crippen molar-refractivity contribution in [2.75, 3.05) is 13.2 Å². The van der Waals surface area contributed by atoms with Crippen molar-refractivity contribution < 1.29 is 9.53 Å². The molecular formula is C18H20N6O2. The molecule has 1 aliphatic rings. The van der Waals surface area contributed by atoms with Gasteiger partial charge in [0.2, 0.25) is 0 Å². The van der Waals surface area contributed by atoms with E-state index in [0.717, 1.165) is 11.3 Å². The van der Waals surface area contributed by atoms with Gasteiger partial charge in [0, 0.05) is 38.4 Å². The van der Waals surface area contributed by atoms with Gasteiger partial charge < -0.3 is 14.2 Å². The molecule has 0 aliphatic carbocycles. The zero-order valence-corrected chi connectivity index (χ0v) is 14.5. The Labute approximate surface area is 151 Å². The maximum atomic E-state index is 12.8. The van der Waals surface area contributed by atoms with Gasteiger partial charge in [0.05, 0.1) is 49.6 Å². The second-order valence-electron chi connectivity index (χ2n) is 6.41. The van der Waals surface area contributed by atoms with Crippen LogP contribution >= 0.6 is 0 Å². The van der Waals surface area contributed by atoms with Gasteiger partial charge in [0.1, 0.15) is 0 Å². The first kappa shape index (κ1) is 16.5. The van der Waals surface area contributed by atoms with Gasteiger partial charge in [-0.3, -0.25) is 14.5 Å². The number of aromatic nitrogens is 5. The Bertz CT molecular complexity index is 888. The third-order valence-corrected chi connectivity index (χ3v) is 4.49. The number of aryl methyl sites for hydroxylation is 1. The number of carbonyl (C=O) groups excluding carboxylic acids is 1. The normalized spacial score (nSPS) is 16.5. The van der Waals surface area contributed by atoms with Gasteiger partial charge in [0.15, 0.2) is 0 Å². The molecule has 0 unspecified atom stereocenters. The van der Waals surface area contributed by atoms with Crippen molar-refractivity contribution in [1.82, 2.24) is 29.2 Å². The smallest absolute Gasteiger partial charge is 0.257 e. The van der Waals surface area contributed by atoms with Gasteiger partial charge in [-0.2, -0.15) is 5.10 Å². The average molecular weight is 352 g/mol. The zero-order chi connectivity index (χ0) is 17.9. The summed E-state index contributed by atoms with van der Waals surface area (Å²) in [4.78, 5) is 22.9. The molecule has 0 saturated carbocycles. The summed E-state index contributed by atoms with van der Waals surface area (Å²) in [5, 5.41) is 4.09. The minimum absolute atomic E-state index is 0.0234. The average Bonchev–Trinajstić information content (AvgIpc) is 3.30. The summed E-state index contributed by atoms with van der Waals surface area (Å²) in [6, 6.07) is 3.90. The second kappa shape index (κ2) is 7.09. The van der Waals surface area contributed by atoms with Crippen molar-refractivity contribution in [3.63, 3.8) is 0 Å². The SMILES string of the molecule is Cn1cc(C(=O)N2Cc3cncn3[C@@H](COCc3ccncc3)C2)cn1. The third kappa shape index (κ3) is 3.36. The molecule has 3 aromatic heterocycles. The standard InChI is InChI=1S/C18H20N6O2/c1-22-8-15(6-21-22)18(25)23-9-16-7-20-13-24(16)17(10-23)12-26-11-14-2-4-19-5-3-14/h2-8,13,17H,9-12H2,1H3/t17-/m1/s1. The number of fused-ring (bicyclic) bond motifs is 1. The molecule has 0 aromatic carbocycles.